The van der Waals surface area contributed by atoms with Gasteiger partial charge < -0.3 is 0 Å². The zero-order chi connectivity index (χ0) is 12.5. The van der Waals surface area contributed by atoms with Crippen LogP contribution < -0.4 is 0 Å². The van der Waals surface area contributed by atoms with Gasteiger partial charge in [0.15, 0.2) is 0 Å². The standard InChI is InChI=1S/C16H23F/c1-16(2,3)11-12-8-14(10-15(17)9-12)13-6-4-5-7-13/h8-10,13H,4-7,11H2,1-3H3. The van der Waals surface area contributed by atoms with Crippen molar-refractivity contribution in [2.24, 2.45) is 5.41 Å². The molecule has 0 aliphatic heterocycles. The average molecular weight is 234 g/mol. The van der Waals surface area contributed by atoms with Gasteiger partial charge in [-0.2, -0.15) is 0 Å². The molecule has 1 aromatic rings. The summed E-state index contributed by atoms with van der Waals surface area (Å²) in [6.45, 7) is 6.60. The lowest BCUT2D eigenvalue weighted by Crippen LogP contribution is -2.10. The van der Waals surface area contributed by atoms with Gasteiger partial charge in [0.1, 0.15) is 5.82 Å². The largest absolute Gasteiger partial charge is 0.207 e. The summed E-state index contributed by atoms with van der Waals surface area (Å²) in [6.07, 6.45) is 6.02. The Kier molecular flexibility index (Phi) is 3.56. The van der Waals surface area contributed by atoms with Crippen molar-refractivity contribution in [1.82, 2.24) is 0 Å². The van der Waals surface area contributed by atoms with Crippen LogP contribution in [0, 0.1) is 11.2 Å². The molecule has 1 heteroatoms. The van der Waals surface area contributed by atoms with E-state index in [0.29, 0.717) is 5.92 Å². The highest BCUT2D eigenvalue weighted by molar-refractivity contribution is 5.28. The molecular formula is C16H23F. The Bertz CT molecular complexity index is 381. The second-order valence-electron chi connectivity index (χ2n) is 6.61. The molecule has 0 amide bonds. The SMILES string of the molecule is CC(C)(C)Cc1cc(F)cc(C2CCCC2)c1. The smallest absolute Gasteiger partial charge is 0.123 e. The van der Waals surface area contributed by atoms with Gasteiger partial charge in [-0.25, -0.2) is 4.39 Å². The van der Waals surface area contributed by atoms with E-state index in [1.807, 2.05) is 0 Å². The Balaban J connectivity index is 2.22. The third-order valence-electron chi connectivity index (χ3n) is 3.54. The highest BCUT2D eigenvalue weighted by atomic mass is 19.1. The van der Waals surface area contributed by atoms with Gasteiger partial charge in [-0.15, -0.1) is 0 Å². The molecule has 1 aliphatic rings. The lowest BCUT2D eigenvalue weighted by atomic mass is 9.86. The summed E-state index contributed by atoms with van der Waals surface area (Å²) in [5.74, 6) is 0.540. The quantitative estimate of drug-likeness (QED) is 0.670. The minimum atomic E-state index is -0.0614. The first-order valence-corrected chi connectivity index (χ1v) is 6.73. The van der Waals surface area contributed by atoms with Gasteiger partial charge in [0.25, 0.3) is 0 Å². The maximum Gasteiger partial charge on any atom is 0.123 e. The fourth-order valence-corrected chi connectivity index (χ4v) is 2.88. The van der Waals surface area contributed by atoms with Gasteiger partial charge in [0.2, 0.25) is 0 Å². The Morgan fingerprint density at radius 3 is 2.35 bits per heavy atom. The summed E-state index contributed by atoms with van der Waals surface area (Å²) >= 11 is 0. The lowest BCUT2D eigenvalue weighted by molar-refractivity contribution is 0.410. The van der Waals surface area contributed by atoms with E-state index in [1.165, 1.54) is 31.2 Å². The number of rotatable bonds is 2. The molecule has 94 valence electrons. The molecule has 1 fully saturated rings. The van der Waals surface area contributed by atoms with Crippen LogP contribution >= 0.6 is 0 Å². The van der Waals surface area contributed by atoms with Crippen LogP contribution in [0.2, 0.25) is 0 Å². The summed E-state index contributed by atoms with van der Waals surface area (Å²) < 4.78 is 13.7. The molecule has 0 saturated heterocycles. The van der Waals surface area contributed by atoms with Gasteiger partial charge >= 0.3 is 0 Å². The summed E-state index contributed by atoms with van der Waals surface area (Å²) in [7, 11) is 0. The Hall–Kier alpha value is -0.850. The van der Waals surface area contributed by atoms with Crippen molar-refractivity contribution in [2.75, 3.05) is 0 Å². The molecule has 1 aliphatic carbocycles. The van der Waals surface area contributed by atoms with Crippen molar-refractivity contribution in [1.29, 1.82) is 0 Å². The van der Waals surface area contributed by atoms with Gasteiger partial charge in [0.05, 0.1) is 0 Å². The highest BCUT2D eigenvalue weighted by Crippen LogP contribution is 2.35. The fraction of sp³-hybridized carbons (Fsp3) is 0.625. The number of halogens is 1. The summed E-state index contributed by atoms with van der Waals surface area (Å²) in [5, 5.41) is 0. The van der Waals surface area contributed by atoms with Crippen molar-refractivity contribution in [3.8, 4) is 0 Å². The molecular weight excluding hydrogens is 211 g/mol. The van der Waals surface area contributed by atoms with E-state index in [2.05, 4.69) is 26.8 Å². The van der Waals surface area contributed by atoms with E-state index in [9.17, 15) is 4.39 Å². The Morgan fingerprint density at radius 2 is 1.76 bits per heavy atom. The fourth-order valence-electron chi connectivity index (χ4n) is 2.88. The Labute approximate surface area is 104 Å². The first-order chi connectivity index (χ1) is 7.94. The maximum absolute atomic E-state index is 13.7. The van der Waals surface area contributed by atoms with Crippen LogP contribution in [0.1, 0.15) is 63.5 Å². The van der Waals surface area contributed by atoms with Gasteiger partial charge in [0, 0.05) is 0 Å². The Morgan fingerprint density at radius 1 is 1.12 bits per heavy atom. The van der Waals surface area contributed by atoms with E-state index in [1.54, 1.807) is 12.1 Å². The van der Waals surface area contributed by atoms with Crippen molar-refractivity contribution >= 4 is 0 Å². The third kappa shape index (κ3) is 3.55. The zero-order valence-corrected chi connectivity index (χ0v) is 11.2. The minimum absolute atomic E-state index is 0.0614. The van der Waals surface area contributed by atoms with Crippen LogP contribution in [-0.2, 0) is 6.42 Å². The second-order valence-corrected chi connectivity index (χ2v) is 6.61. The molecule has 1 aromatic carbocycles. The number of hydrogen-bond acceptors (Lipinski definition) is 0. The van der Waals surface area contributed by atoms with E-state index in [0.717, 1.165) is 12.0 Å². The molecule has 0 N–H and O–H groups in total. The molecule has 0 aromatic heterocycles. The van der Waals surface area contributed by atoms with Crippen molar-refractivity contribution in [3.05, 3.63) is 35.1 Å². The molecule has 0 unspecified atom stereocenters. The summed E-state index contributed by atoms with van der Waals surface area (Å²) in [5.41, 5.74) is 2.60. The molecule has 2 rings (SSSR count). The third-order valence-corrected chi connectivity index (χ3v) is 3.54. The van der Waals surface area contributed by atoms with Crippen LogP contribution in [0.4, 0.5) is 4.39 Å². The van der Waals surface area contributed by atoms with Crippen molar-refractivity contribution in [2.45, 2.75) is 58.8 Å². The normalized spacial score (nSPS) is 17.6. The molecule has 0 spiro atoms. The molecule has 0 radical (unpaired) electrons. The average Bonchev–Trinajstić information content (AvgIpc) is 2.65. The van der Waals surface area contributed by atoms with Gasteiger partial charge in [-0.1, -0.05) is 39.7 Å². The van der Waals surface area contributed by atoms with Crippen LogP contribution in [0.25, 0.3) is 0 Å². The van der Waals surface area contributed by atoms with E-state index < -0.39 is 0 Å². The molecule has 0 nitrogen and oxygen atoms in total. The molecule has 17 heavy (non-hydrogen) atoms. The van der Waals surface area contributed by atoms with Crippen molar-refractivity contribution in [3.63, 3.8) is 0 Å². The lowest BCUT2D eigenvalue weighted by Gasteiger charge is -2.19. The molecule has 0 atom stereocenters. The van der Waals surface area contributed by atoms with Gasteiger partial charge in [-0.3, -0.25) is 0 Å². The molecule has 1 saturated carbocycles. The second kappa shape index (κ2) is 4.80. The van der Waals surface area contributed by atoms with E-state index in [-0.39, 0.29) is 11.2 Å². The zero-order valence-electron chi connectivity index (χ0n) is 11.2. The van der Waals surface area contributed by atoms with Crippen LogP contribution in [0.15, 0.2) is 18.2 Å². The summed E-state index contributed by atoms with van der Waals surface area (Å²) in [4.78, 5) is 0. The minimum Gasteiger partial charge on any atom is -0.207 e. The van der Waals surface area contributed by atoms with Crippen LogP contribution in [0.3, 0.4) is 0 Å². The predicted octanol–water partition coefficient (Wildman–Crippen LogP) is 5.07. The highest BCUT2D eigenvalue weighted by Gasteiger charge is 2.19. The van der Waals surface area contributed by atoms with Gasteiger partial charge in [-0.05, 0) is 53.9 Å². The first-order valence-electron chi connectivity index (χ1n) is 6.73. The van der Waals surface area contributed by atoms with Crippen LogP contribution in [0.5, 0.6) is 0 Å². The van der Waals surface area contributed by atoms with Crippen LogP contribution in [-0.4, -0.2) is 0 Å². The topological polar surface area (TPSA) is 0 Å². The molecule has 0 bridgehead atoms. The first kappa shape index (κ1) is 12.6. The predicted molar refractivity (Wildman–Crippen MR) is 70.8 cm³/mol. The monoisotopic (exact) mass is 234 g/mol. The van der Waals surface area contributed by atoms with E-state index >= 15 is 0 Å². The van der Waals surface area contributed by atoms with Crippen molar-refractivity contribution < 1.29 is 4.39 Å². The molecule has 0 heterocycles. The number of benzene rings is 1. The number of hydrogen-bond donors (Lipinski definition) is 0. The summed E-state index contributed by atoms with van der Waals surface area (Å²) in [6, 6.07) is 5.66. The maximum atomic E-state index is 13.7. The van der Waals surface area contributed by atoms with E-state index in [4.69, 9.17) is 0 Å².